The number of hydrogen-bond donors (Lipinski definition) is 0. The lowest BCUT2D eigenvalue weighted by molar-refractivity contribution is 0.111. The average Bonchev–Trinajstić information content (AvgIpc) is 2.84. The topological polar surface area (TPSA) is 34.4 Å². The smallest absolute Gasteiger partial charge is 0.170 e. The Bertz CT molecular complexity index is 701. The summed E-state index contributed by atoms with van der Waals surface area (Å²) in [5.41, 5.74) is 3.62. The Kier molecular flexibility index (Phi) is 3.11. The van der Waals surface area contributed by atoms with E-state index in [4.69, 9.17) is 0 Å². The molecule has 2 heterocycles. The molecule has 0 spiro atoms. The van der Waals surface area contributed by atoms with E-state index in [-0.39, 0.29) is 0 Å². The highest BCUT2D eigenvalue weighted by atomic mass is 16.1. The predicted octanol–water partition coefficient (Wildman–Crippen LogP) is 2.93. The van der Waals surface area contributed by atoms with E-state index in [2.05, 4.69) is 17.1 Å². The van der Waals surface area contributed by atoms with Crippen LogP contribution in [0.3, 0.4) is 0 Å². The molecule has 3 heteroatoms. The van der Waals surface area contributed by atoms with E-state index in [9.17, 15) is 4.79 Å². The number of aryl methyl sites for hydroxylation is 2. The van der Waals surface area contributed by atoms with Crippen LogP contribution >= 0.6 is 0 Å². The van der Waals surface area contributed by atoms with Crippen LogP contribution in [0.4, 0.5) is 0 Å². The van der Waals surface area contributed by atoms with Crippen molar-refractivity contribution >= 4 is 11.9 Å². The molecule has 0 unspecified atom stereocenters. The molecule has 0 saturated carbocycles. The van der Waals surface area contributed by atoms with Crippen molar-refractivity contribution in [1.82, 2.24) is 9.38 Å². The molecule has 19 heavy (non-hydrogen) atoms. The van der Waals surface area contributed by atoms with Crippen molar-refractivity contribution in [2.75, 3.05) is 0 Å². The van der Waals surface area contributed by atoms with Gasteiger partial charge in [-0.3, -0.25) is 4.79 Å². The van der Waals surface area contributed by atoms with Gasteiger partial charge in [0.1, 0.15) is 11.3 Å². The lowest BCUT2D eigenvalue weighted by Crippen LogP contribution is -1.99. The van der Waals surface area contributed by atoms with E-state index in [1.54, 1.807) is 0 Å². The first kappa shape index (κ1) is 11.7. The zero-order valence-electron chi connectivity index (χ0n) is 10.5. The molecule has 3 aromatic rings. The zero-order valence-corrected chi connectivity index (χ0v) is 10.5. The summed E-state index contributed by atoms with van der Waals surface area (Å²) in [4.78, 5) is 15.5. The first-order chi connectivity index (χ1) is 9.38. The van der Waals surface area contributed by atoms with Gasteiger partial charge in [0.25, 0.3) is 0 Å². The molecule has 1 aromatic carbocycles. The molecule has 0 aliphatic heterocycles. The van der Waals surface area contributed by atoms with Crippen molar-refractivity contribution in [3.05, 3.63) is 71.7 Å². The van der Waals surface area contributed by atoms with Gasteiger partial charge in [-0.1, -0.05) is 36.4 Å². The summed E-state index contributed by atoms with van der Waals surface area (Å²) in [7, 11) is 0. The number of imidazole rings is 1. The van der Waals surface area contributed by atoms with Crippen LogP contribution in [-0.2, 0) is 12.8 Å². The van der Waals surface area contributed by atoms with Crippen LogP contribution in [0.1, 0.15) is 21.7 Å². The van der Waals surface area contributed by atoms with Crippen LogP contribution in [-0.4, -0.2) is 15.7 Å². The number of carbonyl (C=O) groups is 1. The van der Waals surface area contributed by atoms with Gasteiger partial charge in [0.05, 0.1) is 5.69 Å². The van der Waals surface area contributed by atoms with Crippen molar-refractivity contribution in [1.29, 1.82) is 0 Å². The number of nitrogens with zero attached hydrogens (tertiary/aromatic N) is 2. The number of aromatic nitrogens is 2. The molecule has 3 nitrogen and oxygen atoms in total. The summed E-state index contributed by atoms with van der Waals surface area (Å²) >= 11 is 0. The molecule has 0 fully saturated rings. The molecule has 0 N–H and O–H groups in total. The van der Waals surface area contributed by atoms with Crippen LogP contribution in [0, 0.1) is 0 Å². The number of carbonyl (C=O) groups excluding carboxylic acids is 1. The molecule has 0 radical (unpaired) electrons. The van der Waals surface area contributed by atoms with E-state index in [0.717, 1.165) is 30.5 Å². The third-order valence-electron chi connectivity index (χ3n) is 3.26. The van der Waals surface area contributed by atoms with Gasteiger partial charge in [-0.15, -0.1) is 0 Å². The molecule has 0 aliphatic carbocycles. The molecule has 0 saturated heterocycles. The SMILES string of the molecule is O=Cc1nc2ccccn2c1CCc1ccccc1. The predicted molar refractivity (Wildman–Crippen MR) is 74.4 cm³/mol. The minimum absolute atomic E-state index is 0.544. The highest BCUT2D eigenvalue weighted by molar-refractivity contribution is 5.75. The average molecular weight is 250 g/mol. The van der Waals surface area contributed by atoms with E-state index in [1.807, 2.05) is 47.0 Å². The molecule has 0 aliphatic rings. The molecule has 3 rings (SSSR count). The second kappa shape index (κ2) is 5.06. The fourth-order valence-electron chi connectivity index (χ4n) is 2.32. The van der Waals surface area contributed by atoms with Gasteiger partial charge in [-0.05, 0) is 30.5 Å². The third-order valence-corrected chi connectivity index (χ3v) is 3.26. The normalized spacial score (nSPS) is 10.7. The Hall–Kier alpha value is -2.42. The molecule has 0 bridgehead atoms. The number of fused-ring (bicyclic) bond motifs is 1. The lowest BCUT2D eigenvalue weighted by Gasteiger charge is -2.03. The van der Waals surface area contributed by atoms with Crippen LogP contribution in [0.15, 0.2) is 54.7 Å². The number of rotatable bonds is 4. The van der Waals surface area contributed by atoms with E-state index in [0.29, 0.717) is 5.69 Å². The van der Waals surface area contributed by atoms with Gasteiger partial charge in [0.15, 0.2) is 6.29 Å². The minimum Gasteiger partial charge on any atom is -0.303 e. The summed E-state index contributed by atoms with van der Waals surface area (Å²) in [6.07, 6.45) is 4.51. The van der Waals surface area contributed by atoms with Crippen LogP contribution < -0.4 is 0 Å². The molecule has 2 aromatic heterocycles. The number of aldehydes is 1. The Balaban J connectivity index is 1.93. The highest BCUT2D eigenvalue weighted by Crippen LogP contribution is 2.14. The molecule has 0 atom stereocenters. The van der Waals surface area contributed by atoms with Gasteiger partial charge in [0.2, 0.25) is 0 Å². The van der Waals surface area contributed by atoms with Gasteiger partial charge in [-0.25, -0.2) is 4.98 Å². The van der Waals surface area contributed by atoms with Crippen LogP contribution in [0.5, 0.6) is 0 Å². The van der Waals surface area contributed by atoms with Crippen molar-refractivity contribution in [2.24, 2.45) is 0 Å². The fraction of sp³-hybridized carbons (Fsp3) is 0.125. The summed E-state index contributed by atoms with van der Waals surface area (Å²) in [5, 5.41) is 0. The first-order valence-corrected chi connectivity index (χ1v) is 6.33. The number of hydrogen-bond acceptors (Lipinski definition) is 2. The van der Waals surface area contributed by atoms with Gasteiger partial charge in [0, 0.05) is 6.20 Å². The van der Waals surface area contributed by atoms with E-state index in [1.165, 1.54) is 5.56 Å². The maximum absolute atomic E-state index is 11.1. The quantitative estimate of drug-likeness (QED) is 0.667. The highest BCUT2D eigenvalue weighted by Gasteiger charge is 2.10. The molecular weight excluding hydrogens is 236 g/mol. The van der Waals surface area contributed by atoms with E-state index < -0.39 is 0 Å². The minimum atomic E-state index is 0.544. The molecule has 0 amide bonds. The van der Waals surface area contributed by atoms with Gasteiger partial charge >= 0.3 is 0 Å². The largest absolute Gasteiger partial charge is 0.303 e. The lowest BCUT2D eigenvalue weighted by atomic mass is 10.1. The van der Waals surface area contributed by atoms with Gasteiger partial charge in [-0.2, -0.15) is 0 Å². The monoisotopic (exact) mass is 250 g/mol. The summed E-state index contributed by atoms with van der Waals surface area (Å²) in [6.45, 7) is 0. The summed E-state index contributed by atoms with van der Waals surface area (Å²) in [6, 6.07) is 16.1. The fourth-order valence-corrected chi connectivity index (χ4v) is 2.32. The Morgan fingerprint density at radius 1 is 1.00 bits per heavy atom. The maximum Gasteiger partial charge on any atom is 0.170 e. The Morgan fingerprint density at radius 3 is 2.58 bits per heavy atom. The zero-order chi connectivity index (χ0) is 13.1. The second-order valence-corrected chi connectivity index (χ2v) is 4.48. The van der Waals surface area contributed by atoms with Gasteiger partial charge < -0.3 is 4.40 Å². The van der Waals surface area contributed by atoms with Crippen molar-refractivity contribution < 1.29 is 4.79 Å². The van der Waals surface area contributed by atoms with Crippen LogP contribution in [0.2, 0.25) is 0 Å². The van der Waals surface area contributed by atoms with Crippen LogP contribution in [0.25, 0.3) is 5.65 Å². The van der Waals surface area contributed by atoms with Crippen molar-refractivity contribution in [2.45, 2.75) is 12.8 Å². The molecular formula is C16H14N2O. The Labute approximate surface area is 111 Å². The third kappa shape index (κ3) is 2.27. The summed E-state index contributed by atoms with van der Waals surface area (Å²) < 4.78 is 1.99. The standard InChI is InChI=1S/C16H14N2O/c19-12-14-15(10-9-13-6-2-1-3-7-13)18-11-5-4-8-16(18)17-14/h1-8,11-12H,9-10H2. The Morgan fingerprint density at radius 2 is 1.79 bits per heavy atom. The number of benzene rings is 1. The number of pyridine rings is 1. The maximum atomic E-state index is 11.1. The second-order valence-electron chi connectivity index (χ2n) is 4.48. The summed E-state index contributed by atoms with van der Waals surface area (Å²) in [5.74, 6) is 0. The first-order valence-electron chi connectivity index (χ1n) is 6.33. The van der Waals surface area contributed by atoms with Crippen molar-refractivity contribution in [3.63, 3.8) is 0 Å². The van der Waals surface area contributed by atoms with Crippen molar-refractivity contribution in [3.8, 4) is 0 Å². The molecule has 94 valence electrons. The van der Waals surface area contributed by atoms with E-state index >= 15 is 0 Å².